The largest absolute Gasteiger partial charge is 0.458 e. The van der Waals surface area contributed by atoms with Crippen molar-refractivity contribution in [2.45, 2.75) is 111 Å². The molecule has 4 unspecified atom stereocenters. The van der Waals surface area contributed by atoms with Gasteiger partial charge in [0.2, 0.25) is 0 Å². The van der Waals surface area contributed by atoms with Crippen LogP contribution in [0.3, 0.4) is 0 Å². The Hall–Kier alpha value is -1.77. The minimum Gasteiger partial charge on any atom is -0.458 e. The fourth-order valence-electron chi connectivity index (χ4n) is 10.1. The minimum absolute atomic E-state index is 0.0279. The van der Waals surface area contributed by atoms with Crippen molar-refractivity contribution < 1.29 is 31.5 Å². The summed E-state index contributed by atoms with van der Waals surface area (Å²) in [7, 11) is -4.50. The van der Waals surface area contributed by atoms with E-state index in [0.717, 1.165) is 44.9 Å². The van der Waals surface area contributed by atoms with Gasteiger partial charge in [-0.2, -0.15) is 8.42 Å². The Bertz CT molecular complexity index is 1250. The fraction of sp³-hybridized carbons (Fsp3) is 0.765. The van der Waals surface area contributed by atoms with Crippen molar-refractivity contribution in [2.75, 3.05) is 0 Å². The van der Waals surface area contributed by atoms with Crippen LogP contribution in [0.2, 0.25) is 0 Å². The molecule has 0 bridgehead atoms. The molecule has 4 saturated carbocycles. The van der Waals surface area contributed by atoms with Gasteiger partial charge >= 0.3 is 16.4 Å². The molecule has 10 atom stereocenters. The third kappa shape index (κ3) is 6.10. The van der Waals surface area contributed by atoms with Crippen molar-refractivity contribution in [3.8, 4) is 0 Å². The maximum atomic E-state index is 13.4. The van der Waals surface area contributed by atoms with E-state index in [9.17, 15) is 22.6 Å². The van der Waals surface area contributed by atoms with E-state index >= 15 is 0 Å². The zero-order valence-electron chi connectivity index (χ0n) is 26.0. The van der Waals surface area contributed by atoms with Crippen molar-refractivity contribution in [1.29, 1.82) is 0 Å². The third-order valence-corrected chi connectivity index (χ3v) is 12.9. The molecule has 4 fully saturated rings. The molecule has 0 spiro atoms. The number of hydrogen-bond acceptors (Lipinski definition) is 6. The summed E-state index contributed by atoms with van der Waals surface area (Å²) in [6.07, 6.45) is 8.03. The molecule has 0 amide bonds. The van der Waals surface area contributed by atoms with Gasteiger partial charge in [-0.1, -0.05) is 52.8 Å². The predicted molar refractivity (Wildman–Crippen MR) is 161 cm³/mol. The summed E-state index contributed by atoms with van der Waals surface area (Å²) < 4.78 is 43.6. The first-order valence-corrected chi connectivity index (χ1v) is 17.5. The zero-order chi connectivity index (χ0) is 30.4. The highest BCUT2D eigenvalue weighted by Crippen LogP contribution is 2.68. The summed E-state index contributed by atoms with van der Waals surface area (Å²) in [5.41, 5.74) is 0.769. The van der Waals surface area contributed by atoms with E-state index in [2.05, 4.69) is 20.8 Å². The smallest absolute Gasteiger partial charge is 0.397 e. The molecule has 8 heteroatoms. The third-order valence-electron chi connectivity index (χ3n) is 12.4. The summed E-state index contributed by atoms with van der Waals surface area (Å²) in [4.78, 5) is 26.0. The average Bonchev–Trinajstić information content (AvgIpc) is 3.28. The lowest BCUT2D eigenvalue weighted by atomic mass is 9.43. The van der Waals surface area contributed by atoms with E-state index in [-0.39, 0.29) is 40.7 Å². The van der Waals surface area contributed by atoms with E-state index in [1.807, 2.05) is 44.2 Å². The molecule has 0 radical (unpaired) electrons. The highest BCUT2D eigenvalue weighted by atomic mass is 32.3. The van der Waals surface area contributed by atoms with Gasteiger partial charge < -0.3 is 4.74 Å². The van der Waals surface area contributed by atoms with Crippen LogP contribution < -0.4 is 0 Å². The highest BCUT2D eigenvalue weighted by molar-refractivity contribution is 7.80. The van der Waals surface area contributed by atoms with Crippen LogP contribution >= 0.6 is 0 Å². The molecule has 0 saturated heterocycles. The van der Waals surface area contributed by atoms with Gasteiger partial charge in [-0.05, 0) is 110 Å². The SMILES string of the molecule is CC(CC[C@@H](OS(=O)(=O)O)C(C)C)[C@H]1CCC2C3C(CC[C@@]21C)[C@@]1(C)CCC(=O)C[C@@H]1C[C@H]3OC(=O)c1ccccc1. The van der Waals surface area contributed by atoms with Gasteiger partial charge in [0, 0.05) is 18.8 Å². The minimum atomic E-state index is -4.50. The lowest BCUT2D eigenvalue weighted by Crippen LogP contribution is -2.59. The molecule has 7 nitrogen and oxygen atoms in total. The van der Waals surface area contributed by atoms with Crippen molar-refractivity contribution in [2.24, 2.45) is 52.3 Å². The van der Waals surface area contributed by atoms with E-state index < -0.39 is 16.5 Å². The summed E-state index contributed by atoms with van der Waals surface area (Å²) in [5, 5.41) is 0. The number of carbonyl (C=O) groups is 2. The van der Waals surface area contributed by atoms with Gasteiger partial charge in [-0.25, -0.2) is 8.98 Å². The summed E-state index contributed by atoms with van der Waals surface area (Å²) >= 11 is 0. The van der Waals surface area contributed by atoms with Crippen LogP contribution in [-0.2, 0) is 24.1 Å². The standard InChI is InChI=1S/C34H50O7S/c1-21(2)29(41-42(37,38)39)14-11-22(3)26-12-13-27-31-28(16-18-34(26,27)5)33(4)17-15-25(35)19-24(33)20-30(31)40-32(36)23-9-7-6-8-10-23/h6-10,21-22,24,26-31H,11-20H2,1-5H3,(H,37,38,39)/t22?,24-,26-,27?,28?,29-,30-,31?,33+,34-/m1/s1. The fourth-order valence-corrected chi connectivity index (χ4v) is 10.8. The van der Waals surface area contributed by atoms with Gasteiger partial charge in [0.1, 0.15) is 11.9 Å². The Kier molecular flexibility index (Phi) is 9.01. The summed E-state index contributed by atoms with van der Waals surface area (Å²) in [5.74, 6) is 2.29. The van der Waals surface area contributed by atoms with Crippen LogP contribution in [0.4, 0.5) is 0 Å². The van der Waals surface area contributed by atoms with E-state index in [0.29, 0.717) is 54.3 Å². The van der Waals surface area contributed by atoms with Crippen LogP contribution in [0.1, 0.15) is 109 Å². The molecular formula is C34H50O7S. The first kappa shape index (κ1) is 31.6. The Balaban J connectivity index is 1.38. The number of ether oxygens (including phenoxy) is 1. The second-order valence-electron chi connectivity index (χ2n) is 14.9. The Morgan fingerprint density at radius 1 is 1.00 bits per heavy atom. The van der Waals surface area contributed by atoms with Crippen molar-refractivity contribution >= 4 is 22.2 Å². The predicted octanol–water partition coefficient (Wildman–Crippen LogP) is 7.31. The van der Waals surface area contributed by atoms with E-state index in [4.69, 9.17) is 8.92 Å². The van der Waals surface area contributed by atoms with E-state index in [1.165, 1.54) is 0 Å². The monoisotopic (exact) mass is 602 g/mol. The molecule has 0 aromatic heterocycles. The van der Waals surface area contributed by atoms with Crippen LogP contribution in [0.5, 0.6) is 0 Å². The van der Waals surface area contributed by atoms with Gasteiger partial charge in [-0.15, -0.1) is 0 Å². The Labute approximate surface area is 252 Å². The molecule has 1 N–H and O–H groups in total. The number of hydrogen-bond donors (Lipinski definition) is 1. The normalized spacial score (nSPS) is 37.8. The molecule has 1 aromatic rings. The zero-order valence-corrected chi connectivity index (χ0v) is 26.8. The number of Topliss-reactive ketones (excluding diaryl/α,β-unsaturated/α-hetero) is 1. The Morgan fingerprint density at radius 3 is 2.36 bits per heavy atom. The topological polar surface area (TPSA) is 107 Å². The maximum Gasteiger partial charge on any atom is 0.397 e. The molecular weight excluding hydrogens is 552 g/mol. The number of ketones is 1. The van der Waals surface area contributed by atoms with Gasteiger partial charge in [0.05, 0.1) is 11.7 Å². The van der Waals surface area contributed by atoms with Gasteiger partial charge in [0.25, 0.3) is 0 Å². The number of rotatable bonds is 9. The highest BCUT2D eigenvalue weighted by Gasteiger charge is 2.63. The summed E-state index contributed by atoms with van der Waals surface area (Å²) in [6, 6.07) is 9.25. The van der Waals surface area contributed by atoms with Gasteiger partial charge in [0.15, 0.2) is 0 Å². The van der Waals surface area contributed by atoms with Crippen LogP contribution in [0.25, 0.3) is 0 Å². The maximum absolute atomic E-state index is 13.4. The molecule has 5 rings (SSSR count). The van der Waals surface area contributed by atoms with Crippen molar-refractivity contribution in [3.05, 3.63) is 35.9 Å². The summed E-state index contributed by atoms with van der Waals surface area (Å²) in [6.45, 7) is 11.0. The average molecular weight is 603 g/mol. The van der Waals surface area contributed by atoms with Crippen LogP contribution in [-0.4, -0.2) is 36.9 Å². The second kappa shape index (κ2) is 12.0. The molecule has 0 heterocycles. The van der Waals surface area contributed by atoms with Crippen LogP contribution in [0, 0.1) is 52.3 Å². The molecule has 42 heavy (non-hydrogen) atoms. The molecule has 234 valence electrons. The van der Waals surface area contributed by atoms with Crippen molar-refractivity contribution in [1.82, 2.24) is 0 Å². The van der Waals surface area contributed by atoms with Gasteiger partial charge in [-0.3, -0.25) is 9.35 Å². The van der Waals surface area contributed by atoms with E-state index in [1.54, 1.807) is 0 Å². The Morgan fingerprint density at radius 2 is 1.69 bits per heavy atom. The molecule has 4 aliphatic rings. The number of benzene rings is 1. The van der Waals surface area contributed by atoms with Crippen LogP contribution in [0.15, 0.2) is 30.3 Å². The number of fused-ring (bicyclic) bond motifs is 5. The molecule has 0 aliphatic heterocycles. The first-order valence-electron chi connectivity index (χ1n) is 16.2. The number of esters is 1. The lowest BCUT2D eigenvalue weighted by molar-refractivity contribution is -0.170. The number of carbonyl (C=O) groups excluding carboxylic acids is 2. The second-order valence-corrected chi connectivity index (χ2v) is 15.9. The lowest BCUT2D eigenvalue weighted by Gasteiger charge is -2.62. The molecule has 1 aromatic carbocycles. The van der Waals surface area contributed by atoms with Crippen molar-refractivity contribution in [3.63, 3.8) is 0 Å². The molecule has 4 aliphatic carbocycles. The first-order chi connectivity index (χ1) is 19.7. The quantitative estimate of drug-likeness (QED) is 0.233.